The second kappa shape index (κ2) is 6.71. The fourth-order valence-electron chi connectivity index (χ4n) is 2.79. The van der Waals surface area contributed by atoms with Gasteiger partial charge in [-0.15, -0.1) is 0 Å². The molecule has 4 heteroatoms. The lowest BCUT2D eigenvalue weighted by Crippen LogP contribution is -2.54. The molecule has 2 amide bonds. The summed E-state index contributed by atoms with van der Waals surface area (Å²) in [7, 11) is 0. The average molecular weight is 320 g/mol. The van der Waals surface area contributed by atoms with Crippen molar-refractivity contribution in [2.45, 2.75) is 20.0 Å². The summed E-state index contributed by atoms with van der Waals surface area (Å²) in [4.78, 5) is 27.1. The molecule has 0 fully saturated rings. The zero-order valence-corrected chi connectivity index (χ0v) is 13.8. The minimum absolute atomic E-state index is 0.0928. The van der Waals surface area contributed by atoms with Gasteiger partial charge >= 0.3 is 0 Å². The van der Waals surface area contributed by atoms with Gasteiger partial charge in [-0.2, -0.15) is 0 Å². The molecular formula is C20H20N2O2. The molecule has 1 heterocycles. The van der Waals surface area contributed by atoms with Crippen molar-refractivity contribution in [3.63, 3.8) is 0 Å². The summed E-state index contributed by atoms with van der Waals surface area (Å²) in [5, 5.41) is 2.96. The van der Waals surface area contributed by atoms with Gasteiger partial charge in [0.2, 0.25) is 0 Å². The van der Waals surface area contributed by atoms with Gasteiger partial charge in [0.25, 0.3) is 11.8 Å². The van der Waals surface area contributed by atoms with Gasteiger partial charge in [0.15, 0.2) is 0 Å². The molecule has 0 aliphatic carbocycles. The smallest absolute Gasteiger partial charge is 0.259 e. The molecule has 0 unspecified atom stereocenters. The van der Waals surface area contributed by atoms with E-state index in [0.29, 0.717) is 11.1 Å². The highest BCUT2D eigenvalue weighted by atomic mass is 16.2. The standard InChI is InChI=1S/C20H20N2O2/c1-14(2)18-21-19(23)17(15-9-5-3-6-10-15)13-22(18)20(24)16-11-7-4-8-12-16/h3-14,18H,1-2H3,(H,21,23)/t18-/m0/s1. The Morgan fingerprint density at radius 1 is 1.00 bits per heavy atom. The molecule has 0 radical (unpaired) electrons. The normalized spacial score (nSPS) is 17.5. The summed E-state index contributed by atoms with van der Waals surface area (Å²) in [5.41, 5.74) is 1.89. The van der Waals surface area contributed by atoms with Crippen LogP contribution in [-0.2, 0) is 4.79 Å². The minimum Gasteiger partial charge on any atom is -0.331 e. The number of nitrogens with zero attached hydrogens (tertiary/aromatic N) is 1. The molecule has 1 aliphatic rings. The van der Waals surface area contributed by atoms with Crippen LogP contribution in [0.5, 0.6) is 0 Å². The van der Waals surface area contributed by atoms with Crippen LogP contribution in [0.25, 0.3) is 5.57 Å². The maximum Gasteiger partial charge on any atom is 0.259 e. The van der Waals surface area contributed by atoms with E-state index in [2.05, 4.69) is 5.32 Å². The van der Waals surface area contributed by atoms with Crippen molar-refractivity contribution in [2.75, 3.05) is 0 Å². The Hall–Kier alpha value is -2.88. The summed E-state index contributed by atoms with van der Waals surface area (Å²) >= 11 is 0. The van der Waals surface area contributed by atoms with E-state index >= 15 is 0 Å². The predicted octanol–water partition coefficient (Wildman–Crippen LogP) is 3.28. The average Bonchev–Trinajstić information content (AvgIpc) is 2.62. The van der Waals surface area contributed by atoms with Crippen molar-refractivity contribution in [2.24, 2.45) is 5.92 Å². The van der Waals surface area contributed by atoms with Gasteiger partial charge in [0.1, 0.15) is 6.17 Å². The zero-order valence-electron chi connectivity index (χ0n) is 13.8. The van der Waals surface area contributed by atoms with E-state index in [1.54, 1.807) is 23.2 Å². The van der Waals surface area contributed by atoms with Gasteiger partial charge in [0.05, 0.1) is 5.57 Å². The third-order valence-corrected chi connectivity index (χ3v) is 4.06. The van der Waals surface area contributed by atoms with Crippen LogP contribution in [0.4, 0.5) is 0 Å². The Labute approximate surface area is 141 Å². The quantitative estimate of drug-likeness (QED) is 0.943. The minimum atomic E-state index is -0.363. The Kier molecular flexibility index (Phi) is 4.47. The molecular weight excluding hydrogens is 300 g/mol. The third-order valence-electron chi connectivity index (χ3n) is 4.06. The van der Waals surface area contributed by atoms with Crippen molar-refractivity contribution in [3.05, 3.63) is 78.0 Å². The van der Waals surface area contributed by atoms with Crippen LogP contribution in [0.2, 0.25) is 0 Å². The first kappa shape index (κ1) is 16.0. The topological polar surface area (TPSA) is 49.4 Å². The monoisotopic (exact) mass is 320 g/mol. The number of amides is 2. The second-order valence-corrected chi connectivity index (χ2v) is 6.15. The molecule has 24 heavy (non-hydrogen) atoms. The molecule has 0 saturated carbocycles. The number of benzene rings is 2. The highest BCUT2D eigenvalue weighted by Gasteiger charge is 2.33. The van der Waals surface area contributed by atoms with E-state index in [1.807, 2.05) is 62.4 Å². The molecule has 0 spiro atoms. The highest BCUT2D eigenvalue weighted by Crippen LogP contribution is 2.24. The van der Waals surface area contributed by atoms with Crippen molar-refractivity contribution < 1.29 is 9.59 Å². The second-order valence-electron chi connectivity index (χ2n) is 6.15. The van der Waals surface area contributed by atoms with E-state index in [9.17, 15) is 9.59 Å². The maximum atomic E-state index is 12.9. The van der Waals surface area contributed by atoms with Gasteiger partial charge in [-0.3, -0.25) is 14.5 Å². The van der Waals surface area contributed by atoms with Crippen molar-refractivity contribution in [3.8, 4) is 0 Å². The molecule has 3 rings (SSSR count). The number of hydrogen-bond acceptors (Lipinski definition) is 2. The fraction of sp³-hybridized carbons (Fsp3) is 0.200. The number of carbonyl (C=O) groups excluding carboxylic acids is 2. The Morgan fingerprint density at radius 3 is 2.17 bits per heavy atom. The first-order chi connectivity index (χ1) is 11.6. The van der Waals surface area contributed by atoms with Gasteiger partial charge in [-0.05, 0) is 23.6 Å². The van der Waals surface area contributed by atoms with E-state index in [-0.39, 0.29) is 23.9 Å². The molecule has 2 aromatic rings. The summed E-state index contributed by atoms with van der Waals surface area (Å²) < 4.78 is 0. The Bertz CT molecular complexity index is 767. The summed E-state index contributed by atoms with van der Waals surface area (Å²) in [6.07, 6.45) is 1.31. The van der Waals surface area contributed by atoms with E-state index in [4.69, 9.17) is 0 Å². The summed E-state index contributed by atoms with van der Waals surface area (Å²) in [6, 6.07) is 18.5. The van der Waals surface area contributed by atoms with Crippen LogP contribution in [0.1, 0.15) is 29.8 Å². The summed E-state index contributed by atoms with van der Waals surface area (Å²) in [5.74, 6) is -0.185. The molecule has 0 saturated heterocycles. The first-order valence-corrected chi connectivity index (χ1v) is 8.04. The van der Waals surface area contributed by atoms with Crippen molar-refractivity contribution in [1.29, 1.82) is 0 Å². The van der Waals surface area contributed by atoms with Crippen molar-refractivity contribution in [1.82, 2.24) is 10.2 Å². The first-order valence-electron chi connectivity index (χ1n) is 8.04. The van der Waals surface area contributed by atoms with Gasteiger partial charge in [0, 0.05) is 11.8 Å². The van der Waals surface area contributed by atoms with E-state index in [0.717, 1.165) is 5.56 Å². The number of carbonyl (C=O) groups is 2. The predicted molar refractivity (Wildman–Crippen MR) is 93.8 cm³/mol. The summed E-state index contributed by atoms with van der Waals surface area (Å²) in [6.45, 7) is 3.97. The lowest BCUT2D eigenvalue weighted by Gasteiger charge is -2.36. The van der Waals surface area contributed by atoms with Crippen LogP contribution in [-0.4, -0.2) is 22.9 Å². The van der Waals surface area contributed by atoms with Crippen LogP contribution in [0, 0.1) is 5.92 Å². The van der Waals surface area contributed by atoms with E-state index < -0.39 is 0 Å². The molecule has 4 nitrogen and oxygen atoms in total. The molecule has 122 valence electrons. The Balaban J connectivity index is 2.03. The van der Waals surface area contributed by atoms with Crippen molar-refractivity contribution >= 4 is 17.4 Å². The van der Waals surface area contributed by atoms with Crippen LogP contribution in [0.15, 0.2) is 66.9 Å². The lowest BCUT2D eigenvalue weighted by molar-refractivity contribution is -0.118. The fourth-order valence-corrected chi connectivity index (χ4v) is 2.79. The number of hydrogen-bond donors (Lipinski definition) is 1. The number of nitrogens with one attached hydrogen (secondary N) is 1. The van der Waals surface area contributed by atoms with Gasteiger partial charge in [-0.25, -0.2) is 0 Å². The molecule has 0 aromatic heterocycles. The molecule has 1 N–H and O–H groups in total. The maximum absolute atomic E-state index is 12.9. The van der Waals surface area contributed by atoms with Crippen LogP contribution < -0.4 is 5.32 Å². The third kappa shape index (κ3) is 3.08. The van der Waals surface area contributed by atoms with Gasteiger partial charge in [-0.1, -0.05) is 62.4 Å². The largest absolute Gasteiger partial charge is 0.331 e. The SMILES string of the molecule is CC(C)[C@H]1NC(=O)C(c2ccccc2)=CN1C(=O)c1ccccc1. The highest BCUT2D eigenvalue weighted by molar-refractivity contribution is 6.21. The molecule has 1 aliphatic heterocycles. The molecule has 0 bridgehead atoms. The van der Waals surface area contributed by atoms with Gasteiger partial charge < -0.3 is 5.32 Å². The van der Waals surface area contributed by atoms with Crippen LogP contribution in [0.3, 0.4) is 0 Å². The van der Waals surface area contributed by atoms with Crippen LogP contribution >= 0.6 is 0 Å². The molecule has 1 atom stereocenters. The lowest BCUT2D eigenvalue weighted by atomic mass is 10.0. The number of rotatable bonds is 3. The zero-order chi connectivity index (χ0) is 17.1. The molecule has 2 aromatic carbocycles. The Morgan fingerprint density at radius 2 is 1.58 bits per heavy atom. The van der Waals surface area contributed by atoms with E-state index in [1.165, 1.54) is 0 Å².